The van der Waals surface area contributed by atoms with Crippen LogP contribution in [0.25, 0.3) is 0 Å². The van der Waals surface area contributed by atoms with E-state index in [1.165, 1.54) is 0 Å². The van der Waals surface area contributed by atoms with Crippen molar-refractivity contribution in [2.75, 3.05) is 16.0 Å². The number of aliphatic hydroxyl groups excluding tert-OH is 1. The number of hydrogen-bond acceptors (Lipinski definition) is 6. The molecule has 2 amide bonds. The van der Waals surface area contributed by atoms with Crippen molar-refractivity contribution in [2.45, 2.75) is 52.3 Å². The van der Waals surface area contributed by atoms with Crippen LogP contribution in [0.4, 0.5) is 32.3 Å². The monoisotopic (exact) mass is 390 g/mol. The number of aromatic nitrogens is 2. The van der Waals surface area contributed by atoms with Gasteiger partial charge in [0.2, 0.25) is 5.95 Å². The van der Waals surface area contributed by atoms with Gasteiger partial charge in [0.15, 0.2) is 11.6 Å². The van der Waals surface area contributed by atoms with E-state index in [-0.39, 0.29) is 29.4 Å². The minimum atomic E-state index is -0.673. The van der Waals surface area contributed by atoms with Crippen molar-refractivity contribution in [3.8, 4) is 0 Å². The fourth-order valence-electron chi connectivity index (χ4n) is 2.17. The van der Waals surface area contributed by atoms with Gasteiger partial charge in [0, 0.05) is 16.9 Å². The van der Waals surface area contributed by atoms with Crippen molar-refractivity contribution in [1.29, 1.82) is 0 Å². The highest BCUT2D eigenvalue weighted by atomic mass is 19.1. The lowest BCUT2D eigenvalue weighted by Gasteiger charge is -2.21. The van der Waals surface area contributed by atoms with Crippen LogP contribution < -0.4 is 21.3 Å². The summed E-state index contributed by atoms with van der Waals surface area (Å²) in [6, 6.07) is 6.28. The summed E-state index contributed by atoms with van der Waals surface area (Å²) in [6.45, 7) is 8.99. The molecule has 0 fully saturated rings. The maximum absolute atomic E-state index is 13.9. The first-order valence-corrected chi connectivity index (χ1v) is 8.97. The number of hydrogen-bond donors (Lipinski definition) is 5. The molecule has 0 saturated heterocycles. The summed E-state index contributed by atoms with van der Waals surface area (Å²) in [5, 5.41) is 20.9. The van der Waals surface area contributed by atoms with E-state index in [0.717, 1.165) is 6.20 Å². The summed E-state index contributed by atoms with van der Waals surface area (Å²) in [5.74, 6) is -0.449. The zero-order valence-corrected chi connectivity index (χ0v) is 16.7. The lowest BCUT2D eigenvalue weighted by Crippen LogP contribution is -2.43. The lowest BCUT2D eigenvalue weighted by atomic mass is 10.1. The van der Waals surface area contributed by atoms with Crippen molar-refractivity contribution in [3.05, 3.63) is 36.3 Å². The van der Waals surface area contributed by atoms with Crippen molar-refractivity contribution in [3.63, 3.8) is 0 Å². The molecule has 1 heterocycles. The highest BCUT2D eigenvalue weighted by molar-refractivity contribution is 5.90. The van der Waals surface area contributed by atoms with Gasteiger partial charge in [-0.3, -0.25) is 0 Å². The van der Waals surface area contributed by atoms with Crippen LogP contribution in [0, 0.1) is 5.82 Å². The highest BCUT2D eigenvalue weighted by Crippen LogP contribution is 2.20. The van der Waals surface area contributed by atoms with Gasteiger partial charge < -0.3 is 26.4 Å². The normalized spacial score (nSPS) is 13.4. The molecule has 152 valence electrons. The number of rotatable bonds is 6. The van der Waals surface area contributed by atoms with Gasteiger partial charge in [-0.1, -0.05) is 6.07 Å². The van der Waals surface area contributed by atoms with Crippen molar-refractivity contribution in [1.82, 2.24) is 15.3 Å². The standard InChI is InChI=1S/C19H27FN6O2/c1-11(12(2)27)22-16-15(20)10-21-17(25-16)23-13-7-6-8-14(9-13)24-18(28)26-19(3,4)5/h6-12,27H,1-5H3,(H2,24,26,28)(H2,21,22,23,25)/t11-,12-/m0/s1. The molecular weight excluding hydrogens is 363 g/mol. The fraction of sp³-hybridized carbons (Fsp3) is 0.421. The van der Waals surface area contributed by atoms with Crippen LogP contribution in [0.15, 0.2) is 30.5 Å². The number of nitrogens with zero attached hydrogens (tertiary/aromatic N) is 2. The Morgan fingerprint density at radius 3 is 2.54 bits per heavy atom. The number of anilines is 4. The van der Waals surface area contributed by atoms with Crippen molar-refractivity contribution >= 4 is 29.2 Å². The van der Waals surface area contributed by atoms with Gasteiger partial charge in [-0.25, -0.2) is 14.2 Å². The molecule has 2 atom stereocenters. The van der Waals surface area contributed by atoms with Gasteiger partial charge in [0.1, 0.15) is 0 Å². The topological polar surface area (TPSA) is 111 Å². The molecule has 0 bridgehead atoms. The van der Waals surface area contributed by atoms with Gasteiger partial charge in [-0.2, -0.15) is 4.98 Å². The number of carbonyl (C=O) groups excluding carboxylic acids is 1. The van der Waals surface area contributed by atoms with Crippen LogP contribution in [-0.2, 0) is 0 Å². The number of urea groups is 1. The molecule has 2 aromatic rings. The van der Waals surface area contributed by atoms with E-state index >= 15 is 0 Å². The Morgan fingerprint density at radius 1 is 1.21 bits per heavy atom. The van der Waals surface area contributed by atoms with Gasteiger partial charge in [0.05, 0.1) is 18.3 Å². The minimum absolute atomic E-state index is 0.00951. The second-order valence-corrected chi connectivity index (χ2v) is 7.60. The number of carbonyl (C=O) groups is 1. The molecule has 0 radical (unpaired) electrons. The van der Waals surface area contributed by atoms with Crippen LogP contribution in [0.3, 0.4) is 0 Å². The van der Waals surface area contributed by atoms with Gasteiger partial charge in [0.25, 0.3) is 0 Å². The summed E-state index contributed by atoms with van der Waals surface area (Å²) >= 11 is 0. The maximum atomic E-state index is 13.9. The fourth-order valence-corrected chi connectivity index (χ4v) is 2.17. The number of amides is 2. The molecule has 0 saturated carbocycles. The van der Waals surface area contributed by atoms with E-state index in [1.54, 1.807) is 38.1 Å². The molecule has 2 rings (SSSR count). The summed E-state index contributed by atoms with van der Waals surface area (Å²) in [4.78, 5) is 20.0. The number of nitrogens with one attached hydrogen (secondary N) is 4. The van der Waals surface area contributed by atoms with Gasteiger partial charge >= 0.3 is 6.03 Å². The summed E-state index contributed by atoms with van der Waals surface area (Å²) in [6.07, 6.45) is 0.374. The molecule has 0 spiro atoms. The first kappa shape index (κ1) is 21.4. The van der Waals surface area contributed by atoms with Crippen LogP contribution in [0.1, 0.15) is 34.6 Å². The average Bonchev–Trinajstić information content (AvgIpc) is 2.56. The average molecular weight is 390 g/mol. The third kappa shape index (κ3) is 6.66. The largest absolute Gasteiger partial charge is 0.391 e. The van der Waals surface area contributed by atoms with Gasteiger partial charge in [-0.05, 0) is 52.8 Å². The van der Waals surface area contributed by atoms with E-state index < -0.39 is 11.9 Å². The molecule has 0 aliphatic heterocycles. The Kier molecular flexibility index (Phi) is 6.74. The highest BCUT2D eigenvalue weighted by Gasteiger charge is 2.15. The molecule has 8 nitrogen and oxygen atoms in total. The van der Waals surface area contributed by atoms with E-state index in [0.29, 0.717) is 11.4 Å². The second kappa shape index (κ2) is 8.83. The minimum Gasteiger partial charge on any atom is -0.391 e. The van der Waals surface area contributed by atoms with Crippen molar-refractivity contribution in [2.24, 2.45) is 0 Å². The molecule has 0 aliphatic rings. The van der Waals surface area contributed by atoms with E-state index in [4.69, 9.17) is 0 Å². The lowest BCUT2D eigenvalue weighted by molar-refractivity contribution is 0.177. The van der Waals surface area contributed by atoms with Crippen molar-refractivity contribution < 1.29 is 14.3 Å². The van der Waals surface area contributed by atoms with Crippen LogP contribution in [0.5, 0.6) is 0 Å². The Hall–Kier alpha value is -2.94. The smallest absolute Gasteiger partial charge is 0.319 e. The summed E-state index contributed by atoms with van der Waals surface area (Å²) < 4.78 is 13.9. The number of benzene rings is 1. The Bertz CT molecular complexity index is 822. The van der Waals surface area contributed by atoms with Crippen LogP contribution in [0.2, 0.25) is 0 Å². The molecule has 9 heteroatoms. The van der Waals surface area contributed by atoms with Gasteiger partial charge in [-0.15, -0.1) is 0 Å². The molecule has 5 N–H and O–H groups in total. The summed E-state index contributed by atoms with van der Waals surface area (Å²) in [5.41, 5.74) is 0.846. The number of halogens is 1. The Morgan fingerprint density at radius 2 is 1.89 bits per heavy atom. The third-order valence-electron chi connectivity index (χ3n) is 3.70. The molecule has 28 heavy (non-hydrogen) atoms. The third-order valence-corrected chi connectivity index (χ3v) is 3.70. The Labute approximate surface area is 164 Å². The Balaban J connectivity index is 2.10. The molecule has 0 aliphatic carbocycles. The molecular formula is C19H27FN6O2. The van der Waals surface area contributed by atoms with Crippen LogP contribution in [-0.4, -0.2) is 38.8 Å². The quantitative estimate of drug-likeness (QED) is 0.517. The zero-order valence-electron chi connectivity index (χ0n) is 16.7. The summed E-state index contributed by atoms with van der Waals surface area (Å²) in [7, 11) is 0. The molecule has 1 aromatic carbocycles. The molecule has 0 unspecified atom stereocenters. The van der Waals surface area contributed by atoms with E-state index in [2.05, 4.69) is 31.2 Å². The SMILES string of the molecule is C[C@H](O)[C@H](C)Nc1nc(Nc2cccc(NC(=O)NC(C)(C)C)c2)ncc1F. The first-order chi connectivity index (χ1) is 13.0. The predicted molar refractivity (Wildman–Crippen MR) is 108 cm³/mol. The first-order valence-electron chi connectivity index (χ1n) is 8.97. The van der Waals surface area contributed by atoms with E-state index in [9.17, 15) is 14.3 Å². The predicted octanol–water partition coefficient (Wildman–Crippen LogP) is 3.46. The number of aliphatic hydroxyl groups is 1. The molecule has 1 aromatic heterocycles. The van der Waals surface area contributed by atoms with Crippen LogP contribution >= 0.6 is 0 Å². The zero-order chi connectivity index (χ0) is 20.9. The van der Waals surface area contributed by atoms with E-state index in [1.807, 2.05) is 20.8 Å². The maximum Gasteiger partial charge on any atom is 0.319 e. The second-order valence-electron chi connectivity index (χ2n) is 7.60.